The number of hydrogen-bond donors (Lipinski definition) is 0. The molecule has 0 spiro atoms. The molecule has 1 aromatic heterocycles. The van der Waals surface area contributed by atoms with Gasteiger partial charge in [-0.15, -0.1) is 0 Å². The topological polar surface area (TPSA) is 61.6 Å². The first-order valence-electron chi connectivity index (χ1n) is 5.83. The number of carbonyl (C=O) groups is 1. The van der Waals surface area contributed by atoms with Gasteiger partial charge in [-0.05, 0) is 13.0 Å². The summed E-state index contributed by atoms with van der Waals surface area (Å²) in [6.07, 6.45) is 0.870. The van der Waals surface area contributed by atoms with Gasteiger partial charge < -0.3 is 13.9 Å². The van der Waals surface area contributed by atoms with Crippen LogP contribution in [0.25, 0.3) is 11.3 Å². The summed E-state index contributed by atoms with van der Waals surface area (Å²) in [5.41, 5.74) is -0.838. The molecule has 0 N–H and O–H groups in total. The second kappa shape index (κ2) is 5.86. The van der Waals surface area contributed by atoms with Gasteiger partial charge in [0, 0.05) is 0 Å². The van der Waals surface area contributed by atoms with Crippen molar-refractivity contribution in [3.05, 3.63) is 35.6 Å². The summed E-state index contributed by atoms with van der Waals surface area (Å²) in [6.45, 7) is 1.63. The SMILES string of the molecule is CCOC(=O)c1ncoc1-c1cc(F)c(F)c(OC)c1F. The Morgan fingerprint density at radius 1 is 1.33 bits per heavy atom. The van der Waals surface area contributed by atoms with E-state index in [1.165, 1.54) is 0 Å². The molecule has 0 aliphatic carbocycles. The van der Waals surface area contributed by atoms with E-state index in [2.05, 4.69) is 9.72 Å². The summed E-state index contributed by atoms with van der Waals surface area (Å²) in [7, 11) is 0.983. The Kier molecular flexibility index (Phi) is 4.15. The van der Waals surface area contributed by atoms with Crippen molar-refractivity contribution in [2.45, 2.75) is 6.92 Å². The zero-order valence-corrected chi connectivity index (χ0v) is 11.1. The molecule has 21 heavy (non-hydrogen) atoms. The van der Waals surface area contributed by atoms with Gasteiger partial charge in [0.25, 0.3) is 0 Å². The van der Waals surface area contributed by atoms with Crippen molar-refractivity contribution in [3.63, 3.8) is 0 Å². The van der Waals surface area contributed by atoms with Gasteiger partial charge in [-0.1, -0.05) is 0 Å². The van der Waals surface area contributed by atoms with E-state index in [0.29, 0.717) is 6.07 Å². The third-order valence-corrected chi connectivity index (χ3v) is 2.60. The predicted molar refractivity (Wildman–Crippen MR) is 64.3 cm³/mol. The lowest BCUT2D eigenvalue weighted by molar-refractivity contribution is 0.0520. The third kappa shape index (κ3) is 2.56. The highest BCUT2D eigenvalue weighted by Crippen LogP contribution is 2.34. The van der Waals surface area contributed by atoms with E-state index in [9.17, 15) is 18.0 Å². The minimum Gasteiger partial charge on any atom is -0.491 e. The monoisotopic (exact) mass is 301 g/mol. The molecule has 0 fully saturated rings. The molecule has 1 heterocycles. The van der Waals surface area contributed by atoms with Crippen LogP contribution in [0.4, 0.5) is 13.2 Å². The molecule has 0 atom stereocenters. The smallest absolute Gasteiger partial charge is 0.360 e. The first-order valence-corrected chi connectivity index (χ1v) is 5.83. The maximum absolute atomic E-state index is 14.1. The fourth-order valence-electron chi connectivity index (χ4n) is 1.71. The summed E-state index contributed by atoms with van der Waals surface area (Å²) in [6, 6.07) is 0.552. The number of nitrogens with zero attached hydrogens (tertiary/aromatic N) is 1. The number of esters is 1. The molecular formula is C13H10F3NO4. The number of ether oxygens (including phenoxy) is 2. The van der Waals surface area contributed by atoms with E-state index < -0.39 is 34.7 Å². The largest absolute Gasteiger partial charge is 0.491 e. The van der Waals surface area contributed by atoms with Crippen LogP contribution in [0.15, 0.2) is 16.9 Å². The molecule has 0 saturated heterocycles. The van der Waals surface area contributed by atoms with Crippen LogP contribution in [0.1, 0.15) is 17.4 Å². The second-order valence-corrected chi connectivity index (χ2v) is 3.82. The lowest BCUT2D eigenvalue weighted by atomic mass is 10.1. The van der Waals surface area contributed by atoms with Crippen molar-refractivity contribution in [3.8, 4) is 17.1 Å². The van der Waals surface area contributed by atoms with Crippen molar-refractivity contribution in [1.82, 2.24) is 4.98 Å². The highest BCUT2D eigenvalue weighted by atomic mass is 19.2. The second-order valence-electron chi connectivity index (χ2n) is 3.82. The number of methoxy groups -OCH3 is 1. The van der Waals surface area contributed by atoms with E-state index in [-0.39, 0.29) is 18.1 Å². The van der Waals surface area contributed by atoms with E-state index in [4.69, 9.17) is 9.15 Å². The van der Waals surface area contributed by atoms with Gasteiger partial charge in [0.15, 0.2) is 35.2 Å². The zero-order chi connectivity index (χ0) is 15.6. The van der Waals surface area contributed by atoms with E-state index >= 15 is 0 Å². The molecule has 0 aliphatic rings. The molecule has 112 valence electrons. The van der Waals surface area contributed by atoms with Gasteiger partial charge >= 0.3 is 5.97 Å². The molecular weight excluding hydrogens is 291 g/mol. The average Bonchev–Trinajstić information content (AvgIpc) is 2.93. The van der Waals surface area contributed by atoms with Crippen LogP contribution in [-0.4, -0.2) is 24.7 Å². The van der Waals surface area contributed by atoms with Gasteiger partial charge in [-0.2, -0.15) is 4.39 Å². The summed E-state index contributed by atoms with van der Waals surface area (Å²) in [5, 5.41) is 0. The first kappa shape index (κ1) is 14.9. The fourth-order valence-corrected chi connectivity index (χ4v) is 1.71. The van der Waals surface area contributed by atoms with Crippen LogP contribution in [0, 0.1) is 17.5 Å². The molecule has 0 unspecified atom stereocenters. The van der Waals surface area contributed by atoms with Gasteiger partial charge in [0.05, 0.1) is 19.3 Å². The summed E-state index contributed by atoms with van der Waals surface area (Å²) >= 11 is 0. The van der Waals surface area contributed by atoms with Gasteiger partial charge in [-0.3, -0.25) is 0 Å². The maximum Gasteiger partial charge on any atom is 0.360 e. The number of oxazole rings is 1. The molecule has 2 rings (SSSR count). The molecule has 0 amide bonds. The Morgan fingerprint density at radius 2 is 2.05 bits per heavy atom. The van der Waals surface area contributed by atoms with Crippen LogP contribution >= 0.6 is 0 Å². The molecule has 0 radical (unpaired) electrons. The number of benzene rings is 1. The first-order chi connectivity index (χ1) is 10.0. The van der Waals surface area contributed by atoms with Gasteiger partial charge in [-0.25, -0.2) is 18.6 Å². The molecule has 8 heteroatoms. The Hall–Kier alpha value is -2.51. The lowest BCUT2D eigenvalue weighted by Gasteiger charge is -2.08. The normalized spacial score (nSPS) is 10.5. The van der Waals surface area contributed by atoms with Crippen LogP contribution < -0.4 is 4.74 Å². The highest BCUT2D eigenvalue weighted by molar-refractivity contribution is 5.93. The Morgan fingerprint density at radius 3 is 2.67 bits per heavy atom. The van der Waals surface area contributed by atoms with Gasteiger partial charge in [0.2, 0.25) is 5.82 Å². The van der Waals surface area contributed by atoms with Gasteiger partial charge in [0.1, 0.15) is 0 Å². The summed E-state index contributed by atoms with van der Waals surface area (Å²) in [5.74, 6) is -6.20. The van der Waals surface area contributed by atoms with E-state index in [0.717, 1.165) is 13.5 Å². The lowest BCUT2D eigenvalue weighted by Crippen LogP contribution is -2.07. The minimum absolute atomic E-state index is 0.0642. The highest BCUT2D eigenvalue weighted by Gasteiger charge is 2.27. The zero-order valence-electron chi connectivity index (χ0n) is 11.1. The number of aromatic nitrogens is 1. The number of hydrogen-bond acceptors (Lipinski definition) is 5. The standard InChI is InChI=1S/C13H10F3NO4/c1-3-20-13(18)10-11(21-5-17-10)6-4-7(14)9(16)12(19-2)8(6)15/h4-5H,3H2,1-2H3. The Labute approximate surface area is 117 Å². The summed E-state index contributed by atoms with van der Waals surface area (Å²) in [4.78, 5) is 15.2. The minimum atomic E-state index is -1.48. The van der Waals surface area contributed by atoms with Crippen molar-refractivity contribution in [2.75, 3.05) is 13.7 Å². The van der Waals surface area contributed by atoms with Crippen LogP contribution in [0.2, 0.25) is 0 Å². The van der Waals surface area contributed by atoms with Crippen molar-refractivity contribution >= 4 is 5.97 Å². The number of halogens is 3. The van der Waals surface area contributed by atoms with Crippen LogP contribution in [-0.2, 0) is 4.74 Å². The predicted octanol–water partition coefficient (Wildman–Crippen LogP) is 2.94. The summed E-state index contributed by atoms with van der Waals surface area (Å²) < 4.78 is 55.1. The van der Waals surface area contributed by atoms with Crippen LogP contribution in [0.5, 0.6) is 5.75 Å². The Bertz CT molecular complexity index is 684. The van der Waals surface area contributed by atoms with Crippen LogP contribution in [0.3, 0.4) is 0 Å². The molecule has 0 aliphatic heterocycles. The third-order valence-electron chi connectivity index (χ3n) is 2.60. The van der Waals surface area contributed by atoms with E-state index in [1.54, 1.807) is 6.92 Å². The molecule has 0 saturated carbocycles. The fraction of sp³-hybridized carbons (Fsp3) is 0.231. The van der Waals surface area contributed by atoms with Crippen molar-refractivity contribution in [1.29, 1.82) is 0 Å². The Balaban J connectivity index is 2.61. The molecule has 5 nitrogen and oxygen atoms in total. The molecule has 0 bridgehead atoms. The molecule has 2 aromatic rings. The number of rotatable bonds is 4. The maximum atomic E-state index is 14.1. The molecule has 1 aromatic carbocycles. The average molecular weight is 301 g/mol. The van der Waals surface area contributed by atoms with Crippen molar-refractivity contribution < 1.29 is 31.9 Å². The van der Waals surface area contributed by atoms with Crippen molar-refractivity contribution in [2.24, 2.45) is 0 Å². The number of carbonyl (C=O) groups excluding carboxylic acids is 1. The van der Waals surface area contributed by atoms with E-state index in [1.807, 2.05) is 0 Å². The quantitative estimate of drug-likeness (QED) is 0.642.